The van der Waals surface area contributed by atoms with Crippen molar-refractivity contribution in [1.82, 2.24) is 9.88 Å². The molecule has 2 rings (SSSR count). The number of amides is 1. The molecule has 2 heterocycles. The lowest BCUT2D eigenvalue weighted by Crippen LogP contribution is -2.34. The molecule has 1 saturated heterocycles. The topological polar surface area (TPSA) is 102 Å². The van der Waals surface area contributed by atoms with Crippen molar-refractivity contribution < 1.29 is 9.72 Å². The first-order valence-electron chi connectivity index (χ1n) is 6.25. The molecule has 1 aliphatic heterocycles. The van der Waals surface area contributed by atoms with E-state index in [0.29, 0.717) is 13.1 Å². The number of hydrogen-bond acceptors (Lipinski definition) is 5. The number of likely N-dealkylation sites (tertiary alicyclic amines) is 1. The highest BCUT2D eigenvalue weighted by Crippen LogP contribution is 2.27. The second kappa shape index (κ2) is 5.72. The van der Waals surface area contributed by atoms with Gasteiger partial charge in [0, 0.05) is 18.7 Å². The van der Waals surface area contributed by atoms with Gasteiger partial charge in [-0.1, -0.05) is 11.6 Å². The Bertz CT molecular complexity index is 552. The second-order valence-electron chi connectivity index (χ2n) is 4.93. The van der Waals surface area contributed by atoms with Crippen molar-refractivity contribution in [2.24, 2.45) is 11.7 Å². The van der Waals surface area contributed by atoms with Crippen LogP contribution in [-0.4, -0.2) is 39.8 Å². The molecule has 0 radical (unpaired) electrons. The third kappa shape index (κ3) is 2.73. The molecule has 20 heavy (non-hydrogen) atoms. The first kappa shape index (κ1) is 14.7. The van der Waals surface area contributed by atoms with Crippen LogP contribution in [0.1, 0.15) is 23.7 Å². The number of aromatic nitrogens is 1. The summed E-state index contributed by atoms with van der Waals surface area (Å²) in [5.41, 5.74) is 5.44. The zero-order valence-corrected chi connectivity index (χ0v) is 11.7. The van der Waals surface area contributed by atoms with Crippen LogP contribution in [0.2, 0.25) is 5.15 Å². The Labute approximate surface area is 120 Å². The maximum Gasteiger partial charge on any atom is 0.288 e. The van der Waals surface area contributed by atoms with E-state index in [2.05, 4.69) is 4.98 Å². The van der Waals surface area contributed by atoms with Gasteiger partial charge in [-0.15, -0.1) is 0 Å². The van der Waals surface area contributed by atoms with Gasteiger partial charge in [-0.25, -0.2) is 4.98 Å². The molecule has 1 aliphatic rings. The monoisotopic (exact) mass is 298 g/mol. The molecule has 2 unspecified atom stereocenters. The first-order chi connectivity index (χ1) is 9.43. The fourth-order valence-electron chi connectivity index (χ4n) is 2.44. The Balaban J connectivity index is 2.29. The van der Waals surface area contributed by atoms with Crippen LogP contribution >= 0.6 is 11.6 Å². The Morgan fingerprint density at radius 2 is 2.40 bits per heavy atom. The molecule has 1 aromatic rings. The molecule has 0 bridgehead atoms. The molecule has 108 valence electrons. The van der Waals surface area contributed by atoms with Gasteiger partial charge in [0.15, 0.2) is 0 Å². The van der Waals surface area contributed by atoms with E-state index in [0.717, 1.165) is 12.6 Å². The van der Waals surface area contributed by atoms with Crippen LogP contribution in [0.25, 0.3) is 0 Å². The second-order valence-corrected chi connectivity index (χ2v) is 5.29. The molecule has 1 fully saturated rings. The molecule has 1 aromatic heterocycles. The SMILES string of the molecule is CC1CC(CN)CN1C(=O)c1cc([N+](=O)[O-])cnc1Cl. The highest BCUT2D eigenvalue weighted by Gasteiger charge is 2.33. The molecule has 7 nitrogen and oxygen atoms in total. The van der Waals surface area contributed by atoms with Gasteiger partial charge in [-0.2, -0.15) is 0 Å². The number of nitro groups is 1. The number of carbonyl (C=O) groups excluding carboxylic acids is 1. The van der Waals surface area contributed by atoms with Gasteiger partial charge in [-0.3, -0.25) is 14.9 Å². The minimum absolute atomic E-state index is 0.0241. The van der Waals surface area contributed by atoms with Crippen LogP contribution in [-0.2, 0) is 0 Å². The van der Waals surface area contributed by atoms with Gasteiger partial charge < -0.3 is 10.6 Å². The number of pyridine rings is 1. The lowest BCUT2D eigenvalue weighted by atomic mass is 10.1. The van der Waals surface area contributed by atoms with Crippen LogP contribution in [0.15, 0.2) is 12.3 Å². The van der Waals surface area contributed by atoms with Crippen molar-refractivity contribution in [3.63, 3.8) is 0 Å². The maximum absolute atomic E-state index is 12.5. The number of nitrogens with two attached hydrogens (primary N) is 1. The predicted octanol–water partition coefficient (Wildman–Crippen LogP) is 1.45. The number of hydrogen-bond donors (Lipinski definition) is 1. The molecule has 0 aliphatic carbocycles. The van der Waals surface area contributed by atoms with Gasteiger partial charge in [0.1, 0.15) is 11.3 Å². The summed E-state index contributed by atoms with van der Waals surface area (Å²) in [6.45, 7) is 2.97. The third-order valence-corrected chi connectivity index (χ3v) is 3.82. The van der Waals surface area contributed by atoms with Gasteiger partial charge in [0.25, 0.3) is 11.6 Å². The van der Waals surface area contributed by atoms with Crippen molar-refractivity contribution in [3.8, 4) is 0 Å². The number of nitrogens with zero attached hydrogens (tertiary/aromatic N) is 3. The maximum atomic E-state index is 12.5. The zero-order chi connectivity index (χ0) is 14.9. The molecule has 1 amide bonds. The van der Waals surface area contributed by atoms with Gasteiger partial charge in [0.2, 0.25) is 0 Å². The van der Waals surface area contributed by atoms with E-state index in [1.165, 1.54) is 6.07 Å². The van der Waals surface area contributed by atoms with E-state index in [1.807, 2.05) is 6.92 Å². The molecular weight excluding hydrogens is 284 g/mol. The summed E-state index contributed by atoms with van der Waals surface area (Å²) < 4.78 is 0. The normalized spacial score (nSPS) is 22.1. The molecule has 8 heteroatoms. The summed E-state index contributed by atoms with van der Waals surface area (Å²) in [5, 5.41) is 10.7. The van der Waals surface area contributed by atoms with Crippen LogP contribution < -0.4 is 5.73 Å². The Morgan fingerprint density at radius 1 is 1.70 bits per heavy atom. The third-order valence-electron chi connectivity index (χ3n) is 3.52. The van der Waals surface area contributed by atoms with Gasteiger partial charge in [0.05, 0.1) is 10.5 Å². The molecular formula is C12H15ClN4O3. The van der Waals surface area contributed by atoms with Gasteiger partial charge >= 0.3 is 0 Å². The standard InChI is InChI=1S/C12H15ClN4O3/c1-7-2-8(4-14)6-16(7)12(18)10-3-9(17(19)20)5-15-11(10)13/h3,5,7-8H,2,4,6,14H2,1H3. The molecule has 0 saturated carbocycles. The van der Waals surface area contributed by atoms with E-state index >= 15 is 0 Å². The predicted molar refractivity (Wildman–Crippen MR) is 73.6 cm³/mol. The summed E-state index contributed by atoms with van der Waals surface area (Å²) in [4.78, 5) is 28.0. The fourth-order valence-corrected chi connectivity index (χ4v) is 2.62. The summed E-state index contributed by atoms with van der Waals surface area (Å²) in [7, 11) is 0. The zero-order valence-electron chi connectivity index (χ0n) is 11.0. The average Bonchev–Trinajstić information content (AvgIpc) is 2.79. The number of halogens is 1. The summed E-state index contributed by atoms with van der Waals surface area (Å²) >= 11 is 5.89. The highest BCUT2D eigenvalue weighted by atomic mass is 35.5. The smallest absolute Gasteiger partial charge is 0.288 e. The van der Waals surface area contributed by atoms with Crippen molar-refractivity contribution in [1.29, 1.82) is 0 Å². The minimum Gasteiger partial charge on any atom is -0.336 e. The minimum atomic E-state index is -0.601. The number of rotatable bonds is 3. The lowest BCUT2D eigenvalue weighted by Gasteiger charge is -2.21. The summed E-state index contributed by atoms with van der Waals surface area (Å²) in [6.07, 6.45) is 1.86. The molecule has 2 N–H and O–H groups in total. The highest BCUT2D eigenvalue weighted by molar-refractivity contribution is 6.32. The quantitative estimate of drug-likeness (QED) is 0.517. The van der Waals surface area contributed by atoms with Crippen molar-refractivity contribution in [2.45, 2.75) is 19.4 Å². The van der Waals surface area contributed by atoms with Crippen LogP contribution in [0.3, 0.4) is 0 Å². The van der Waals surface area contributed by atoms with E-state index in [9.17, 15) is 14.9 Å². The summed E-state index contributed by atoms with van der Waals surface area (Å²) in [5.74, 6) is -0.0889. The molecule has 0 spiro atoms. The Kier molecular flexibility index (Phi) is 4.20. The van der Waals surface area contributed by atoms with Crippen molar-refractivity contribution >= 4 is 23.2 Å². The molecule has 0 aromatic carbocycles. The van der Waals surface area contributed by atoms with E-state index in [-0.39, 0.29) is 34.3 Å². The molecule has 2 atom stereocenters. The van der Waals surface area contributed by atoms with Gasteiger partial charge in [-0.05, 0) is 25.8 Å². The van der Waals surface area contributed by atoms with Crippen LogP contribution in [0.5, 0.6) is 0 Å². The average molecular weight is 299 g/mol. The van der Waals surface area contributed by atoms with Crippen LogP contribution in [0.4, 0.5) is 5.69 Å². The number of carbonyl (C=O) groups is 1. The van der Waals surface area contributed by atoms with E-state index in [4.69, 9.17) is 17.3 Å². The summed E-state index contributed by atoms with van der Waals surface area (Å²) in [6, 6.07) is 1.20. The lowest BCUT2D eigenvalue weighted by molar-refractivity contribution is -0.385. The van der Waals surface area contributed by atoms with E-state index < -0.39 is 4.92 Å². The first-order valence-corrected chi connectivity index (χ1v) is 6.62. The largest absolute Gasteiger partial charge is 0.336 e. The van der Waals surface area contributed by atoms with Crippen LogP contribution in [0, 0.1) is 16.0 Å². The Morgan fingerprint density at radius 3 is 2.95 bits per heavy atom. The Hall–Kier alpha value is -1.73. The van der Waals surface area contributed by atoms with Crippen molar-refractivity contribution in [3.05, 3.63) is 33.1 Å². The van der Waals surface area contributed by atoms with Crippen molar-refractivity contribution in [2.75, 3.05) is 13.1 Å². The van der Waals surface area contributed by atoms with E-state index in [1.54, 1.807) is 4.90 Å². The fraction of sp³-hybridized carbons (Fsp3) is 0.500.